The van der Waals surface area contributed by atoms with Crippen molar-refractivity contribution in [3.63, 3.8) is 0 Å². The highest BCUT2D eigenvalue weighted by molar-refractivity contribution is 7.17. The molecule has 0 saturated heterocycles. The van der Waals surface area contributed by atoms with Gasteiger partial charge in [0.05, 0.1) is 26.2 Å². The lowest BCUT2D eigenvalue weighted by Gasteiger charge is -2.25. The average molecular weight is 388 g/mol. The standard InChI is InChI=1S/C20H24N2O4S/c1-4-22-10-9-15-16(12-22)27-19(18(15)20(24)26-3)21-17(23)11-13-5-7-14(25-2)8-6-13/h5-8H,4,9-12H2,1-3H3,(H,21,23). The van der Waals surface area contributed by atoms with Gasteiger partial charge in [-0.2, -0.15) is 0 Å². The highest BCUT2D eigenvalue weighted by atomic mass is 32.1. The van der Waals surface area contributed by atoms with Gasteiger partial charge in [-0.15, -0.1) is 11.3 Å². The number of carbonyl (C=O) groups excluding carboxylic acids is 2. The monoisotopic (exact) mass is 388 g/mol. The summed E-state index contributed by atoms with van der Waals surface area (Å²) in [7, 11) is 2.98. The highest BCUT2D eigenvalue weighted by Gasteiger charge is 2.28. The Balaban J connectivity index is 1.79. The van der Waals surface area contributed by atoms with Crippen LogP contribution in [0.15, 0.2) is 24.3 Å². The number of thiophene rings is 1. The first-order chi connectivity index (χ1) is 13.0. The predicted octanol–water partition coefficient (Wildman–Crippen LogP) is 3.10. The number of nitrogens with one attached hydrogen (secondary N) is 1. The van der Waals surface area contributed by atoms with Gasteiger partial charge < -0.3 is 14.8 Å². The first-order valence-corrected chi connectivity index (χ1v) is 9.75. The number of nitrogens with zero attached hydrogens (tertiary/aromatic N) is 1. The van der Waals surface area contributed by atoms with Crippen molar-refractivity contribution in [3.8, 4) is 5.75 Å². The molecule has 144 valence electrons. The number of hydrogen-bond donors (Lipinski definition) is 1. The van der Waals surface area contributed by atoms with Crippen molar-refractivity contribution in [3.05, 3.63) is 45.8 Å². The lowest BCUT2D eigenvalue weighted by Crippen LogP contribution is -2.30. The summed E-state index contributed by atoms with van der Waals surface area (Å²) in [4.78, 5) is 28.3. The number of carbonyl (C=O) groups is 2. The molecule has 2 aromatic rings. The normalized spacial score (nSPS) is 13.7. The van der Waals surface area contributed by atoms with Gasteiger partial charge in [0.2, 0.25) is 5.91 Å². The number of hydrogen-bond acceptors (Lipinski definition) is 6. The van der Waals surface area contributed by atoms with Crippen LogP contribution in [0.5, 0.6) is 5.75 Å². The fourth-order valence-electron chi connectivity index (χ4n) is 3.23. The van der Waals surface area contributed by atoms with E-state index in [0.29, 0.717) is 10.6 Å². The summed E-state index contributed by atoms with van der Waals surface area (Å²) in [5, 5.41) is 3.51. The number of likely N-dealkylation sites (N-methyl/N-ethyl adjacent to an activating group) is 1. The largest absolute Gasteiger partial charge is 0.497 e. The molecule has 1 N–H and O–H groups in total. The van der Waals surface area contributed by atoms with E-state index in [1.54, 1.807) is 7.11 Å². The van der Waals surface area contributed by atoms with E-state index in [4.69, 9.17) is 9.47 Å². The van der Waals surface area contributed by atoms with E-state index in [1.807, 2.05) is 24.3 Å². The first kappa shape index (κ1) is 19.4. The molecular weight excluding hydrogens is 364 g/mol. The molecule has 7 heteroatoms. The van der Waals surface area contributed by atoms with E-state index in [-0.39, 0.29) is 12.3 Å². The summed E-state index contributed by atoms with van der Waals surface area (Å²) in [5.41, 5.74) is 2.40. The van der Waals surface area contributed by atoms with E-state index in [1.165, 1.54) is 18.4 Å². The van der Waals surface area contributed by atoms with Gasteiger partial charge in [-0.05, 0) is 36.2 Å². The van der Waals surface area contributed by atoms with Crippen LogP contribution in [0.25, 0.3) is 0 Å². The van der Waals surface area contributed by atoms with Crippen LogP contribution in [0.3, 0.4) is 0 Å². The average Bonchev–Trinajstić information content (AvgIpc) is 3.04. The Labute approximate surface area is 163 Å². The van der Waals surface area contributed by atoms with Crippen LogP contribution in [0, 0.1) is 0 Å². The van der Waals surface area contributed by atoms with E-state index >= 15 is 0 Å². The maximum atomic E-state index is 12.5. The fraction of sp³-hybridized carbons (Fsp3) is 0.400. The minimum Gasteiger partial charge on any atom is -0.497 e. The Morgan fingerprint density at radius 3 is 2.59 bits per heavy atom. The molecule has 1 aliphatic rings. The Morgan fingerprint density at radius 1 is 1.22 bits per heavy atom. The van der Waals surface area contributed by atoms with Crippen molar-refractivity contribution in [1.82, 2.24) is 4.90 Å². The number of rotatable bonds is 6. The zero-order chi connectivity index (χ0) is 19.4. The molecule has 0 bridgehead atoms. The molecule has 27 heavy (non-hydrogen) atoms. The number of anilines is 1. The van der Waals surface area contributed by atoms with Crippen LogP contribution < -0.4 is 10.1 Å². The summed E-state index contributed by atoms with van der Waals surface area (Å²) in [6, 6.07) is 7.37. The molecule has 0 radical (unpaired) electrons. The Hall–Kier alpha value is -2.38. The minimum atomic E-state index is -0.391. The zero-order valence-electron chi connectivity index (χ0n) is 15.8. The number of esters is 1. The van der Waals surface area contributed by atoms with Gasteiger partial charge in [0, 0.05) is 18.0 Å². The Bertz CT molecular complexity index is 829. The number of ether oxygens (including phenoxy) is 2. The third-order valence-corrected chi connectivity index (χ3v) is 5.88. The molecule has 1 aromatic heterocycles. The van der Waals surface area contributed by atoms with Crippen molar-refractivity contribution in [1.29, 1.82) is 0 Å². The summed E-state index contributed by atoms with van der Waals surface area (Å²) >= 11 is 1.48. The lowest BCUT2D eigenvalue weighted by molar-refractivity contribution is -0.115. The maximum Gasteiger partial charge on any atom is 0.341 e. The van der Waals surface area contributed by atoms with E-state index in [9.17, 15) is 9.59 Å². The quantitative estimate of drug-likeness (QED) is 0.770. The van der Waals surface area contributed by atoms with Gasteiger partial charge in [0.15, 0.2) is 0 Å². The Kier molecular flexibility index (Phi) is 6.13. The number of amides is 1. The van der Waals surface area contributed by atoms with Crippen LogP contribution in [0.4, 0.5) is 5.00 Å². The molecular formula is C20H24N2O4S. The molecule has 3 rings (SSSR count). The fourth-order valence-corrected chi connectivity index (χ4v) is 4.53. The van der Waals surface area contributed by atoms with Crippen molar-refractivity contribution < 1.29 is 19.1 Å². The third-order valence-electron chi connectivity index (χ3n) is 4.75. The van der Waals surface area contributed by atoms with E-state index in [2.05, 4.69) is 17.1 Å². The minimum absolute atomic E-state index is 0.156. The molecule has 2 heterocycles. The molecule has 6 nitrogen and oxygen atoms in total. The van der Waals surface area contributed by atoms with Gasteiger partial charge in [-0.3, -0.25) is 9.69 Å². The molecule has 1 amide bonds. The molecule has 0 aliphatic carbocycles. The lowest BCUT2D eigenvalue weighted by atomic mass is 10.0. The number of fused-ring (bicyclic) bond motifs is 1. The summed E-state index contributed by atoms with van der Waals surface area (Å²) < 4.78 is 10.1. The van der Waals surface area contributed by atoms with Gasteiger partial charge in [-0.1, -0.05) is 19.1 Å². The van der Waals surface area contributed by atoms with Gasteiger partial charge >= 0.3 is 5.97 Å². The third kappa shape index (κ3) is 4.31. The molecule has 0 fully saturated rings. The molecule has 0 atom stereocenters. The highest BCUT2D eigenvalue weighted by Crippen LogP contribution is 2.37. The zero-order valence-corrected chi connectivity index (χ0v) is 16.6. The van der Waals surface area contributed by atoms with Gasteiger partial charge in [0.25, 0.3) is 0 Å². The van der Waals surface area contributed by atoms with Crippen LogP contribution in [0.1, 0.15) is 33.3 Å². The smallest absolute Gasteiger partial charge is 0.341 e. The van der Waals surface area contributed by atoms with E-state index in [0.717, 1.165) is 47.8 Å². The van der Waals surface area contributed by atoms with Crippen LogP contribution in [-0.4, -0.2) is 44.1 Å². The van der Waals surface area contributed by atoms with Crippen LogP contribution >= 0.6 is 11.3 Å². The van der Waals surface area contributed by atoms with Gasteiger partial charge in [0.1, 0.15) is 10.8 Å². The second-order valence-electron chi connectivity index (χ2n) is 6.39. The maximum absolute atomic E-state index is 12.5. The molecule has 0 unspecified atom stereocenters. The Morgan fingerprint density at radius 2 is 1.96 bits per heavy atom. The second-order valence-corrected chi connectivity index (χ2v) is 7.50. The molecule has 0 saturated carbocycles. The first-order valence-electron chi connectivity index (χ1n) is 8.93. The molecule has 0 spiro atoms. The SMILES string of the molecule is CCN1CCc2c(sc(NC(=O)Cc3ccc(OC)cc3)c2C(=O)OC)C1. The number of benzene rings is 1. The summed E-state index contributed by atoms with van der Waals surface area (Å²) in [5.74, 6) is 0.201. The number of methoxy groups -OCH3 is 2. The van der Waals surface area contributed by atoms with Crippen LogP contribution in [-0.2, 0) is 28.9 Å². The predicted molar refractivity (Wildman–Crippen MR) is 106 cm³/mol. The van der Waals surface area contributed by atoms with Crippen LogP contribution in [0.2, 0.25) is 0 Å². The van der Waals surface area contributed by atoms with Gasteiger partial charge in [-0.25, -0.2) is 4.79 Å². The second kappa shape index (κ2) is 8.54. The van der Waals surface area contributed by atoms with Crippen molar-refractivity contribution in [2.45, 2.75) is 26.3 Å². The van der Waals surface area contributed by atoms with E-state index < -0.39 is 5.97 Å². The summed E-state index contributed by atoms with van der Waals surface area (Å²) in [6.45, 7) is 4.79. The van der Waals surface area contributed by atoms with Crippen molar-refractivity contribution in [2.75, 3.05) is 32.6 Å². The summed E-state index contributed by atoms with van der Waals surface area (Å²) in [6.07, 6.45) is 1.02. The topological polar surface area (TPSA) is 67.9 Å². The van der Waals surface area contributed by atoms with Crippen molar-refractivity contribution in [2.24, 2.45) is 0 Å². The molecule has 1 aliphatic heterocycles. The molecule has 1 aromatic carbocycles. The van der Waals surface area contributed by atoms with Crippen molar-refractivity contribution >= 4 is 28.2 Å².